The Morgan fingerprint density at radius 2 is 1.55 bits per heavy atom. The van der Waals surface area contributed by atoms with Crippen LogP contribution in [-0.4, -0.2) is 54.1 Å². The van der Waals surface area contributed by atoms with Gasteiger partial charge in [-0.05, 0) is 34.9 Å². The number of hydrogen-bond acceptors (Lipinski definition) is 10. The number of sulfonamides is 1. The molecular formula is C28H29N5O5S2. The van der Waals surface area contributed by atoms with Crippen LogP contribution >= 0.6 is 11.8 Å². The number of anilines is 1. The van der Waals surface area contributed by atoms with Gasteiger partial charge in [0, 0.05) is 22.9 Å². The Morgan fingerprint density at radius 1 is 0.900 bits per heavy atom. The summed E-state index contributed by atoms with van der Waals surface area (Å²) in [6, 6.07) is 13.5. The molecule has 208 valence electrons. The number of ether oxygens (including phenoxy) is 2. The molecule has 2 aromatic heterocycles. The molecule has 2 aromatic carbocycles. The molecule has 10 nitrogen and oxygen atoms in total. The molecule has 2 heterocycles. The van der Waals surface area contributed by atoms with Crippen LogP contribution in [0, 0.1) is 0 Å². The molecule has 0 radical (unpaired) electrons. The van der Waals surface area contributed by atoms with Crippen LogP contribution in [-0.2, 0) is 15.4 Å². The third-order valence-corrected chi connectivity index (χ3v) is 7.84. The van der Waals surface area contributed by atoms with Gasteiger partial charge in [0.05, 0.1) is 10.5 Å². The van der Waals surface area contributed by atoms with E-state index in [0.717, 1.165) is 16.7 Å². The predicted octanol–water partition coefficient (Wildman–Crippen LogP) is 5.02. The number of nitrogens with zero attached hydrogens (tertiary/aromatic N) is 4. The van der Waals surface area contributed by atoms with Crippen molar-refractivity contribution < 1.29 is 22.7 Å². The number of benzene rings is 2. The Kier molecular flexibility index (Phi) is 9.00. The molecule has 12 heteroatoms. The van der Waals surface area contributed by atoms with Gasteiger partial charge in [0.25, 0.3) is 10.0 Å². The van der Waals surface area contributed by atoms with E-state index in [2.05, 4.69) is 45.4 Å². The maximum Gasteiger partial charge on any atom is 0.316 e. The van der Waals surface area contributed by atoms with E-state index < -0.39 is 10.0 Å². The highest BCUT2D eigenvalue weighted by Gasteiger charge is 2.22. The van der Waals surface area contributed by atoms with E-state index in [4.69, 9.17) is 9.47 Å². The van der Waals surface area contributed by atoms with Crippen molar-refractivity contribution in [1.82, 2.24) is 19.9 Å². The van der Waals surface area contributed by atoms with E-state index in [9.17, 15) is 13.2 Å². The third kappa shape index (κ3) is 7.13. The topological polar surface area (TPSA) is 133 Å². The Hall–Kier alpha value is -4.03. The molecule has 4 aromatic rings. The SMILES string of the molecule is CSc1cnc(OCCOc2ncnc(NS(=O)(=O)c3ccc(C(C)(C)C)cc3)c2-c2ccc(C=O)cc2)nc1. The number of rotatable bonds is 11. The fourth-order valence-electron chi connectivity index (χ4n) is 3.62. The fourth-order valence-corrected chi connectivity index (χ4v) is 4.96. The zero-order valence-corrected chi connectivity index (χ0v) is 24.1. The first kappa shape index (κ1) is 29.0. The molecule has 0 fully saturated rings. The first-order valence-electron chi connectivity index (χ1n) is 12.3. The van der Waals surface area contributed by atoms with Gasteiger partial charge in [-0.15, -0.1) is 11.8 Å². The number of carbonyl (C=O) groups is 1. The Morgan fingerprint density at radius 3 is 2.15 bits per heavy atom. The summed E-state index contributed by atoms with van der Waals surface area (Å²) in [5.74, 6) is 0.164. The van der Waals surface area contributed by atoms with E-state index in [-0.39, 0.29) is 41.2 Å². The lowest BCUT2D eigenvalue weighted by Crippen LogP contribution is -2.17. The second kappa shape index (κ2) is 12.4. The molecule has 0 unspecified atom stereocenters. The van der Waals surface area contributed by atoms with Gasteiger partial charge in [-0.1, -0.05) is 57.2 Å². The van der Waals surface area contributed by atoms with Gasteiger partial charge in [-0.25, -0.2) is 28.4 Å². The fraction of sp³-hybridized carbons (Fsp3) is 0.250. The molecule has 0 saturated carbocycles. The standard InChI is InChI=1S/C28H29N5O5S2/c1-28(2,3)21-9-11-23(12-10-21)40(35,36)33-25-24(20-7-5-19(17-34)6-8-20)26(32-18-31-25)37-13-14-38-27-29-15-22(39-4)16-30-27/h5-12,15-18H,13-14H2,1-4H3,(H,31,32,33). The van der Waals surface area contributed by atoms with Crippen molar-refractivity contribution >= 4 is 33.9 Å². The van der Waals surface area contributed by atoms with E-state index in [1.165, 1.54) is 18.1 Å². The van der Waals surface area contributed by atoms with Crippen LogP contribution in [0.3, 0.4) is 0 Å². The summed E-state index contributed by atoms with van der Waals surface area (Å²) in [6.07, 6.45) is 7.18. The maximum absolute atomic E-state index is 13.3. The minimum atomic E-state index is -4.00. The van der Waals surface area contributed by atoms with Crippen molar-refractivity contribution in [2.75, 3.05) is 24.2 Å². The Bertz CT molecular complexity index is 1560. The summed E-state index contributed by atoms with van der Waals surface area (Å²) >= 11 is 1.52. The van der Waals surface area contributed by atoms with Crippen LogP contribution < -0.4 is 14.2 Å². The van der Waals surface area contributed by atoms with E-state index >= 15 is 0 Å². The van der Waals surface area contributed by atoms with E-state index in [1.807, 2.05) is 6.26 Å². The zero-order chi connectivity index (χ0) is 28.8. The smallest absolute Gasteiger partial charge is 0.316 e. The van der Waals surface area contributed by atoms with Crippen LogP contribution in [0.4, 0.5) is 5.82 Å². The average Bonchev–Trinajstić information content (AvgIpc) is 2.95. The van der Waals surface area contributed by atoms with E-state index in [1.54, 1.807) is 60.9 Å². The summed E-state index contributed by atoms with van der Waals surface area (Å²) in [4.78, 5) is 28.9. The highest BCUT2D eigenvalue weighted by atomic mass is 32.2. The molecule has 40 heavy (non-hydrogen) atoms. The minimum Gasteiger partial charge on any atom is -0.473 e. The van der Waals surface area contributed by atoms with Crippen LogP contribution in [0.15, 0.2) is 77.0 Å². The van der Waals surface area contributed by atoms with Gasteiger partial charge in [0.1, 0.15) is 25.8 Å². The molecule has 0 aliphatic carbocycles. The van der Waals surface area contributed by atoms with Crippen LogP contribution in [0.5, 0.6) is 11.9 Å². The lowest BCUT2D eigenvalue weighted by Gasteiger charge is -2.19. The lowest BCUT2D eigenvalue weighted by molar-refractivity contribution is 0.112. The average molecular weight is 580 g/mol. The highest BCUT2D eigenvalue weighted by molar-refractivity contribution is 7.98. The van der Waals surface area contributed by atoms with Crippen molar-refractivity contribution in [3.8, 4) is 23.0 Å². The first-order chi connectivity index (χ1) is 19.1. The molecule has 4 rings (SSSR count). The zero-order valence-electron chi connectivity index (χ0n) is 22.5. The van der Waals surface area contributed by atoms with Crippen LogP contribution in [0.1, 0.15) is 36.7 Å². The van der Waals surface area contributed by atoms with Gasteiger partial charge in [0.2, 0.25) is 5.88 Å². The van der Waals surface area contributed by atoms with E-state index in [0.29, 0.717) is 16.7 Å². The van der Waals surface area contributed by atoms with Crippen molar-refractivity contribution in [2.45, 2.75) is 36.0 Å². The Balaban J connectivity index is 1.59. The number of aldehydes is 1. The summed E-state index contributed by atoms with van der Waals surface area (Å²) in [7, 11) is -4.00. The van der Waals surface area contributed by atoms with Gasteiger partial charge < -0.3 is 9.47 Å². The molecule has 0 aliphatic rings. The molecule has 0 bridgehead atoms. The second-order valence-electron chi connectivity index (χ2n) is 9.62. The van der Waals surface area contributed by atoms with Crippen LogP contribution in [0.2, 0.25) is 0 Å². The second-order valence-corrected chi connectivity index (χ2v) is 12.2. The Labute approximate surface area is 237 Å². The van der Waals surface area contributed by atoms with Gasteiger partial charge in [0.15, 0.2) is 5.82 Å². The molecule has 0 amide bonds. The van der Waals surface area contributed by atoms with Crippen molar-refractivity contribution in [2.24, 2.45) is 0 Å². The number of carbonyl (C=O) groups excluding carboxylic acids is 1. The number of aromatic nitrogens is 4. The molecular weight excluding hydrogens is 550 g/mol. The van der Waals surface area contributed by atoms with Gasteiger partial charge in [-0.2, -0.15) is 0 Å². The highest BCUT2D eigenvalue weighted by Crippen LogP contribution is 2.35. The maximum atomic E-state index is 13.3. The lowest BCUT2D eigenvalue weighted by atomic mass is 9.87. The number of thioether (sulfide) groups is 1. The minimum absolute atomic E-state index is 0.0284. The molecule has 0 atom stereocenters. The van der Waals surface area contributed by atoms with Crippen LogP contribution in [0.25, 0.3) is 11.1 Å². The molecule has 0 saturated heterocycles. The first-order valence-corrected chi connectivity index (χ1v) is 15.0. The van der Waals surface area contributed by atoms with Gasteiger partial charge in [-0.3, -0.25) is 9.52 Å². The summed E-state index contributed by atoms with van der Waals surface area (Å²) in [6.45, 7) is 6.35. The summed E-state index contributed by atoms with van der Waals surface area (Å²) in [5.41, 5.74) is 2.22. The molecule has 0 aliphatic heterocycles. The summed E-state index contributed by atoms with van der Waals surface area (Å²) < 4.78 is 40.7. The molecule has 1 N–H and O–H groups in total. The number of hydrogen-bond donors (Lipinski definition) is 1. The largest absolute Gasteiger partial charge is 0.473 e. The number of nitrogens with one attached hydrogen (secondary N) is 1. The monoisotopic (exact) mass is 579 g/mol. The van der Waals surface area contributed by atoms with Crippen molar-refractivity contribution in [3.05, 3.63) is 78.4 Å². The summed E-state index contributed by atoms with van der Waals surface area (Å²) in [5, 5.41) is 0. The van der Waals surface area contributed by atoms with Crippen molar-refractivity contribution in [3.63, 3.8) is 0 Å². The quantitative estimate of drug-likeness (QED) is 0.147. The van der Waals surface area contributed by atoms with Gasteiger partial charge >= 0.3 is 6.01 Å². The van der Waals surface area contributed by atoms with Crippen molar-refractivity contribution in [1.29, 1.82) is 0 Å². The molecule has 0 spiro atoms. The normalized spacial score (nSPS) is 11.6. The predicted molar refractivity (Wildman–Crippen MR) is 154 cm³/mol. The third-order valence-electron chi connectivity index (χ3n) is 5.80.